The van der Waals surface area contributed by atoms with Crippen LogP contribution in [0.4, 0.5) is 39.2 Å². The number of anilines is 6. The van der Waals surface area contributed by atoms with Crippen LogP contribution in [-0.4, -0.2) is 87.1 Å². The first kappa shape index (κ1) is 46.2. The minimum absolute atomic E-state index is 0.0747. The molecule has 0 saturated heterocycles. The summed E-state index contributed by atoms with van der Waals surface area (Å²) in [5.74, 6) is 0.569. The first-order chi connectivity index (χ1) is 31.6. The monoisotopic (exact) mass is 892 g/mol. The number of rotatable bonds is 13. The average Bonchev–Trinajstić information content (AvgIpc) is 3.85. The molecule has 16 nitrogen and oxygen atoms in total. The second-order valence-electron chi connectivity index (χ2n) is 17.3. The summed E-state index contributed by atoms with van der Waals surface area (Å²) in [6, 6.07) is 26.9. The summed E-state index contributed by atoms with van der Waals surface area (Å²) in [7, 11) is 3.36. The van der Waals surface area contributed by atoms with E-state index in [2.05, 4.69) is 35.9 Å². The number of hydrogen-bond acceptors (Lipinski definition) is 11. The Morgan fingerprint density at radius 1 is 0.727 bits per heavy atom. The first-order valence-electron chi connectivity index (χ1n) is 22.0. The molecule has 0 fully saturated rings. The molecule has 0 spiro atoms. The van der Waals surface area contributed by atoms with Crippen molar-refractivity contribution in [2.75, 3.05) is 48.0 Å². The van der Waals surface area contributed by atoms with Crippen LogP contribution in [0.2, 0.25) is 0 Å². The Hall–Kier alpha value is -7.75. The lowest BCUT2D eigenvalue weighted by Crippen LogP contribution is -2.35. The molecule has 3 amide bonds. The van der Waals surface area contributed by atoms with E-state index >= 15 is 0 Å². The molecule has 2 aliphatic carbocycles. The van der Waals surface area contributed by atoms with Gasteiger partial charge in [-0.3, -0.25) is 19.2 Å². The largest absolute Gasteiger partial charge is 0.444 e. The summed E-state index contributed by atoms with van der Waals surface area (Å²) in [4.78, 5) is 80.1. The van der Waals surface area contributed by atoms with Crippen LogP contribution >= 0.6 is 0 Å². The molecule has 4 aromatic heterocycles. The zero-order valence-corrected chi connectivity index (χ0v) is 37.9. The van der Waals surface area contributed by atoms with E-state index in [4.69, 9.17) is 10.5 Å². The second-order valence-corrected chi connectivity index (χ2v) is 17.3. The quantitative estimate of drug-likeness (QED) is 0.0643. The van der Waals surface area contributed by atoms with Gasteiger partial charge in [0, 0.05) is 86.2 Å². The number of ketones is 2. The third kappa shape index (κ3) is 11.5. The standard InChI is InChI=1S/C28H33N5O4.C22H23N5O2/c1-28(2,3)37-27(36)33(4)16-14-23(35)32-22-17-18(13-15-29-22)25-26(30-19-9-6-5-7-10-19)24-20(31-25)11-8-12-21(24)34;1-27(13-18(23)29)19-12-14(10-11-24-19)21-22(25-15-6-3-2-4-7-15)20-16(26-21)8-5-9-17(20)28/h5-7,9-10,13,15,17,30-31H,8,11-12,14,16H2,1-4H3,(H,29,32,35);2-4,6-7,10-12,25-26H,5,8-9,13H2,1H3,(H2,23,29). The van der Waals surface area contributed by atoms with E-state index in [1.54, 1.807) is 58.2 Å². The van der Waals surface area contributed by atoms with Crippen molar-refractivity contribution in [2.45, 2.75) is 71.3 Å². The second kappa shape index (κ2) is 20.4. The van der Waals surface area contributed by atoms with Crippen LogP contribution in [-0.2, 0) is 27.2 Å². The van der Waals surface area contributed by atoms with E-state index < -0.39 is 17.6 Å². The molecule has 4 heterocycles. The highest BCUT2D eigenvalue weighted by Crippen LogP contribution is 2.41. The minimum atomic E-state index is -0.603. The maximum Gasteiger partial charge on any atom is 0.410 e. The molecule has 16 heteroatoms. The Balaban J connectivity index is 0.000000202. The number of hydrogen-bond donors (Lipinski definition) is 6. The van der Waals surface area contributed by atoms with Crippen molar-refractivity contribution in [3.63, 3.8) is 0 Å². The van der Waals surface area contributed by atoms with Gasteiger partial charge in [0.25, 0.3) is 0 Å². The number of primary amides is 1. The van der Waals surface area contributed by atoms with Crippen LogP contribution in [0.1, 0.15) is 85.0 Å². The minimum Gasteiger partial charge on any atom is -0.444 e. The fourth-order valence-corrected chi connectivity index (χ4v) is 7.87. The molecule has 8 rings (SSSR count). The normalized spacial score (nSPS) is 13.0. The Labute approximate surface area is 383 Å². The van der Waals surface area contributed by atoms with Crippen molar-refractivity contribution < 1.29 is 28.7 Å². The lowest BCUT2D eigenvalue weighted by atomic mass is 9.95. The molecule has 2 aliphatic rings. The zero-order valence-electron chi connectivity index (χ0n) is 37.9. The number of carbonyl (C=O) groups excluding carboxylic acids is 5. The van der Waals surface area contributed by atoms with Gasteiger partial charge in [0.1, 0.15) is 17.2 Å². The van der Waals surface area contributed by atoms with Gasteiger partial charge in [0.05, 0.1) is 40.4 Å². The average molecular weight is 893 g/mol. The van der Waals surface area contributed by atoms with E-state index in [1.165, 1.54) is 4.90 Å². The summed E-state index contributed by atoms with van der Waals surface area (Å²) in [6.45, 7) is 5.66. The fourth-order valence-electron chi connectivity index (χ4n) is 7.87. The first-order valence-corrected chi connectivity index (χ1v) is 22.0. The maximum atomic E-state index is 12.8. The van der Waals surface area contributed by atoms with E-state index in [0.717, 1.165) is 87.9 Å². The number of H-pyrrole nitrogens is 2. The van der Waals surface area contributed by atoms with Gasteiger partial charge < -0.3 is 46.2 Å². The topological polar surface area (TPSA) is 221 Å². The third-order valence-electron chi connectivity index (χ3n) is 11.0. The van der Waals surface area contributed by atoms with E-state index in [9.17, 15) is 24.0 Å². The zero-order chi connectivity index (χ0) is 47.0. The van der Waals surface area contributed by atoms with Gasteiger partial charge in [0.15, 0.2) is 11.6 Å². The number of pyridine rings is 2. The number of fused-ring (bicyclic) bond motifs is 2. The Morgan fingerprint density at radius 3 is 1.76 bits per heavy atom. The van der Waals surface area contributed by atoms with Crippen molar-refractivity contribution in [3.05, 3.63) is 120 Å². The highest BCUT2D eigenvalue weighted by atomic mass is 16.6. The molecular formula is C50H56N10O6. The third-order valence-corrected chi connectivity index (χ3v) is 11.0. The van der Waals surface area contributed by atoms with Crippen LogP contribution in [0.3, 0.4) is 0 Å². The number of nitrogens with two attached hydrogens (primary N) is 1. The highest BCUT2D eigenvalue weighted by Gasteiger charge is 2.29. The van der Waals surface area contributed by atoms with Crippen molar-refractivity contribution in [1.29, 1.82) is 0 Å². The number of benzene rings is 2. The van der Waals surface area contributed by atoms with Gasteiger partial charge in [-0.1, -0.05) is 36.4 Å². The smallest absolute Gasteiger partial charge is 0.410 e. The predicted octanol–water partition coefficient (Wildman–Crippen LogP) is 8.80. The molecule has 6 aromatic rings. The van der Waals surface area contributed by atoms with Crippen LogP contribution in [0.5, 0.6) is 0 Å². The highest BCUT2D eigenvalue weighted by molar-refractivity contribution is 6.08. The van der Waals surface area contributed by atoms with Gasteiger partial charge in [0.2, 0.25) is 11.8 Å². The number of amides is 3. The van der Waals surface area contributed by atoms with Gasteiger partial charge >= 0.3 is 6.09 Å². The van der Waals surface area contributed by atoms with E-state index in [1.807, 2.05) is 78.9 Å². The summed E-state index contributed by atoms with van der Waals surface area (Å²) >= 11 is 0. The van der Waals surface area contributed by atoms with Crippen LogP contribution in [0, 0.1) is 0 Å². The number of nitrogens with one attached hydrogen (secondary N) is 5. The van der Waals surface area contributed by atoms with Crippen molar-refractivity contribution in [1.82, 2.24) is 24.8 Å². The summed E-state index contributed by atoms with van der Waals surface area (Å²) in [5.41, 5.74) is 14.6. The molecule has 0 aliphatic heterocycles. The number of aromatic nitrogens is 4. The Kier molecular flexibility index (Phi) is 14.3. The molecule has 7 N–H and O–H groups in total. The molecule has 342 valence electrons. The number of nitrogens with zero attached hydrogens (tertiary/aromatic N) is 4. The molecule has 2 aromatic carbocycles. The summed E-state index contributed by atoms with van der Waals surface area (Å²) in [6.07, 6.45) is 7.28. The molecule has 0 bridgehead atoms. The van der Waals surface area contributed by atoms with Crippen molar-refractivity contribution in [3.8, 4) is 22.5 Å². The maximum absolute atomic E-state index is 12.8. The molecule has 66 heavy (non-hydrogen) atoms. The number of aromatic amines is 2. The van der Waals surface area contributed by atoms with Gasteiger partial charge in [-0.05, 0) is 95.0 Å². The molecule has 0 atom stereocenters. The van der Waals surface area contributed by atoms with Gasteiger partial charge in [-0.25, -0.2) is 14.8 Å². The number of para-hydroxylation sites is 2. The number of aryl methyl sites for hydroxylation is 2. The number of Topliss-reactive ketones (excluding diaryl/α,β-unsaturated/α-hetero) is 2. The lowest BCUT2D eigenvalue weighted by Gasteiger charge is -2.24. The number of ether oxygens (including phenoxy) is 1. The van der Waals surface area contributed by atoms with E-state index in [0.29, 0.717) is 30.0 Å². The van der Waals surface area contributed by atoms with Crippen LogP contribution in [0.15, 0.2) is 97.3 Å². The number of likely N-dealkylation sites (N-methyl/N-ethyl adjacent to an activating group) is 1. The van der Waals surface area contributed by atoms with Crippen molar-refractivity contribution in [2.24, 2.45) is 5.73 Å². The Morgan fingerprint density at radius 2 is 1.24 bits per heavy atom. The van der Waals surface area contributed by atoms with Gasteiger partial charge in [-0.2, -0.15) is 0 Å². The molecular weight excluding hydrogens is 837 g/mol. The lowest BCUT2D eigenvalue weighted by molar-refractivity contribution is -0.117. The predicted molar refractivity (Wildman–Crippen MR) is 257 cm³/mol. The Bertz CT molecular complexity index is 2720. The SMILES string of the molecule is CN(CC(N)=O)c1cc(-c2[nH]c3c(c2Nc2ccccc2)C(=O)CCC3)ccn1.CN(CCC(=O)Nc1cc(-c2[nH]c3c(c2Nc2ccccc2)C(=O)CCC3)ccn1)C(=O)OC(C)(C)C. The van der Waals surface area contributed by atoms with Crippen LogP contribution in [0.25, 0.3) is 22.5 Å². The molecule has 0 saturated carbocycles. The van der Waals surface area contributed by atoms with E-state index in [-0.39, 0.29) is 37.0 Å². The van der Waals surface area contributed by atoms with Crippen molar-refractivity contribution >= 4 is 63.9 Å². The molecule has 0 radical (unpaired) electrons. The molecule has 0 unspecified atom stereocenters. The number of carbonyl (C=O) groups is 5. The summed E-state index contributed by atoms with van der Waals surface area (Å²) < 4.78 is 5.32. The summed E-state index contributed by atoms with van der Waals surface area (Å²) in [5, 5.41) is 9.65. The van der Waals surface area contributed by atoms with Gasteiger partial charge in [-0.15, -0.1) is 0 Å². The fraction of sp³-hybridized carbons (Fsp3) is 0.300. The van der Waals surface area contributed by atoms with Crippen LogP contribution < -0.4 is 26.6 Å².